The average Bonchev–Trinajstić information content (AvgIpc) is 3.52. The van der Waals surface area contributed by atoms with Crippen LogP contribution in [0, 0.1) is 0 Å². The number of benzene rings is 4. The zero-order chi connectivity index (χ0) is 24.7. The largest absolute Gasteiger partial charge is 0.354 e. The third-order valence-electron chi connectivity index (χ3n) is 8.12. The van der Waals surface area contributed by atoms with Crippen molar-refractivity contribution >= 4 is 34.8 Å². The van der Waals surface area contributed by atoms with E-state index in [9.17, 15) is 0 Å². The molecule has 3 heterocycles. The van der Waals surface area contributed by atoms with Crippen LogP contribution in [-0.2, 0) is 0 Å². The number of rotatable bonds is 5. The van der Waals surface area contributed by atoms with Gasteiger partial charge in [0, 0.05) is 16.9 Å². The van der Waals surface area contributed by atoms with Crippen molar-refractivity contribution in [2.75, 3.05) is 25.0 Å². The number of anilines is 2. The zero-order valence-corrected chi connectivity index (χ0v) is 22.2. The van der Waals surface area contributed by atoms with Crippen molar-refractivity contribution in [1.29, 1.82) is 0 Å². The lowest BCUT2D eigenvalue weighted by Gasteiger charge is -2.30. The van der Waals surface area contributed by atoms with Gasteiger partial charge in [0.05, 0.1) is 40.0 Å². The van der Waals surface area contributed by atoms with E-state index < -0.39 is 0 Å². The van der Waals surface area contributed by atoms with Gasteiger partial charge >= 0.3 is 0 Å². The fourth-order valence-electron chi connectivity index (χ4n) is 6.32. The van der Waals surface area contributed by atoms with E-state index in [1.807, 2.05) is 6.07 Å². The Kier molecular flexibility index (Phi) is 6.64. The second-order valence-corrected chi connectivity index (χ2v) is 10.4. The van der Waals surface area contributed by atoms with Crippen LogP contribution in [0.3, 0.4) is 0 Å². The molecule has 3 aliphatic heterocycles. The van der Waals surface area contributed by atoms with Crippen molar-refractivity contribution in [1.82, 2.24) is 14.5 Å². The van der Waals surface area contributed by atoms with Gasteiger partial charge in [-0.2, -0.15) is 0 Å². The molecule has 7 rings (SSSR count). The molecule has 0 aromatic heterocycles. The molecule has 6 heteroatoms. The third-order valence-corrected chi connectivity index (χ3v) is 8.12. The van der Waals surface area contributed by atoms with Crippen LogP contribution >= 0.6 is 12.4 Å². The van der Waals surface area contributed by atoms with Crippen LogP contribution in [-0.4, -0.2) is 39.6 Å². The zero-order valence-electron chi connectivity index (χ0n) is 21.4. The minimum Gasteiger partial charge on any atom is -0.354 e. The maximum Gasteiger partial charge on any atom is 0.0900 e. The predicted octanol–water partition coefficient (Wildman–Crippen LogP) is 6.82. The Labute approximate surface area is 229 Å². The summed E-state index contributed by atoms with van der Waals surface area (Å²) < 4.78 is 2.32. The van der Waals surface area contributed by atoms with Crippen molar-refractivity contribution in [2.24, 2.45) is 4.99 Å². The van der Waals surface area contributed by atoms with E-state index in [0.29, 0.717) is 0 Å². The lowest BCUT2D eigenvalue weighted by molar-refractivity contribution is 0.203. The van der Waals surface area contributed by atoms with Crippen molar-refractivity contribution in [3.63, 3.8) is 0 Å². The molecular formula is C32H32ClN5. The molecule has 3 aromatic rings. The molecule has 0 atom stereocenters. The molecule has 4 aliphatic rings. The molecule has 38 heavy (non-hydrogen) atoms. The Morgan fingerprint density at radius 3 is 2.26 bits per heavy atom. The maximum absolute atomic E-state index is 5.34. The topological polar surface area (TPSA) is 45.5 Å². The Balaban J connectivity index is 0.00000264. The minimum atomic E-state index is 0. The standard InChI is InChI=1S/C32H31N5.ClH/c1-3-11-24(12-4-1)34-28-21-29-31(22-27(28)33-23-32-17-9-19-36(32)20-10-18-32)37(25-13-5-2-6-14-25)30-16-8-7-15-26(30)35-29;/h1-8,11-16,21-22,34H,9-10,17-20,23H2;1H. The van der Waals surface area contributed by atoms with Gasteiger partial charge in [-0.3, -0.25) is 9.89 Å². The van der Waals surface area contributed by atoms with E-state index in [0.717, 1.165) is 51.4 Å². The number of nitrogens with one attached hydrogen (secondary N) is 1. The highest BCUT2D eigenvalue weighted by atomic mass is 35.5. The molecule has 2 saturated heterocycles. The Morgan fingerprint density at radius 1 is 0.816 bits per heavy atom. The molecular weight excluding hydrogens is 490 g/mol. The Hall–Kier alpha value is -3.67. The summed E-state index contributed by atoms with van der Waals surface area (Å²) in [6.45, 7) is 3.27. The second-order valence-electron chi connectivity index (χ2n) is 10.4. The molecule has 1 N–H and O–H groups in total. The fraction of sp³-hybridized carbons (Fsp3) is 0.250. The highest BCUT2D eigenvalue weighted by Gasteiger charge is 2.43. The Bertz CT molecular complexity index is 1590. The number of aromatic nitrogens is 2. The Morgan fingerprint density at radius 2 is 1.50 bits per heavy atom. The van der Waals surface area contributed by atoms with Gasteiger partial charge in [0.15, 0.2) is 0 Å². The number of nitrogens with zero attached hydrogens (tertiary/aromatic N) is 4. The number of fused-ring (bicyclic) bond motifs is 3. The summed E-state index contributed by atoms with van der Waals surface area (Å²) in [5, 5.41) is 4.64. The molecule has 5 nitrogen and oxygen atoms in total. The summed E-state index contributed by atoms with van der Waals surface area (Å²) in [6.07, 6.45) is 5.07. The van der Waals surface area contributed by atoms with Crippen molar-refractivity contribution in [3.8, 4) is 17.1 Å². The van der Waals surface area contributed by atoms with Gasteiger partial charge in [-0.15, -0.1) is 12.4 Å². The fourth-order valence-corrected chi connectivity index (χ4v) is 6.32. The SMILES string of the molecule is Cl.c1ccc(Nc2cc3nc4ccccc4n(-c4ccccc4)c-3cc2=NCC23CCCN2CCC3)cc1. The first-order chi connectivity index (χ1) is 18.3. The smallest absolute Gasteiger partial charge is 0.0900 e. The van der Waals surface area contributed by atoms with E-state index >= 15 is 0 Å². The maximum atomic E-state index is 5.34. The molecule has 1 aliphatic carbocycles. The summed E-state index contributed by atoms with van der Waals surface area (Å²) in [5.41, 5.74) is 7.48. The van der Waals surface area contributed by atoms with E-state index in [2.05, 4.69) is 106 Å². The molecule has 0 radical (unpaired) electrons. The normalized spacial score (nSPS) is 17.0. The van der Waals surface area contributed by atoms with E-state index in [4.69, 9.17) is 9.98 Å². The summed E-state index contributed by atoms with van der Waals surface area (Å²) >= 11 is 0. The van der Waals surface area contributed by atoms with Crippen LogP contribution in [0.15, 0.2) is 102 Å². The van der Waals surface area contributed by atoms with Crippen LogP contribution in [0.4, 0.5) is 11.4 Å². The molecule has 192 valence electrons. The van der Waals surface area contributed by atoms with Crippen LogP contribution in [0.1, 0.15) is 25.7 Å². The first kappa shape index (κ1) is 24.7. The lowest BCUT2D eigenvalue weighted by Crippen LogP contribution is -2.41. The van der Waals surface area contributed by atoms with Gasteiger partial charge in [0.2, 0.25) is 0 Å². The van der Waals surface area contributed by atoms with Gasteiger partial charge in [0.1, 0.15) is 0 Å². The molecule has 0 amide bonds. The summed E-state index contributed by atoms with van der Waals surface area (Å²) in [5.74, 6) is 0. The highest BCUT2D eigenvalue weighted by Crippen LogP contribution is 2.39. The molecule has 0 saturated carbocycles. The van der Waals surface area contributed by atoms with Gasteiger partial charge in [-0.05, 0) is 87.3 Å². The predicted molar refractivity (Wildman–Crippen MR) is 158 cm³/mol. The highest BCUT2D eigenvalue weighted by molar-refractivity contribution is 5.85. The lowest BCUT2D eigenvalue weighted by atomic mass is 9.94. The first-order valence-corrected chi connectivity index (χ1v) is 13.4. The minimum absolute atomic E-state index is 0. The van der Waals surface area contributed by atoms with E-state index in [-0.39, 0.29) is 17.9 Å². The first-order valence-electron chi connectivity index (χ1n) is 13.4. The second kappa shape index (κ2) is 10.2. The summed E-state index contributed by atoms with van der Waals surface area (Å²) in [6, 6.07) is 33.7. The molecule has 0 bridgehead atoms. The number of hydrogen-bond donors (Lipinski definition) is 1. The molecule has 0 unspecified atom stereocenters. The van der Waals surface area contributed by atoms with Crippen LogP contribution in [0.5, 0.6) is 0 Å². The quantitative estimate of drug-likeness (QED) is 0.258. The van der Waals surface area contributed by atoms with Gasteiger partial charge < -0.3 is 9.88 Å². The van der Waals surface area contributed by atoms with Crippen LogP contribution in [0.25, 0.3) is 28.1 Å². The summed E-state index contributed by atoms with van der Waals surface area (Å²) in [7, 11) is 0. The van der Waals surface area contributed by atoms with Gasteiger partial charge in [-0.1, -0.05) is 48.5 Å². The third kappa shape index (κ3) is 4.36. The summed E-state index contributed by atoms with van der Waals surface area (Å²) in [4.78, 5) is 13.1. The average molecular weight is 522 g/mol. The number of hydrogen-bond acceptors (Lipinski definition) is 4. The van der Waals surface area contributed by atoms with E-state index in [1.54, 1.807) is 0 Å². The number of halogens is 1. The molecule has 3 aromatic carbocycles. The van der Waals surface area contributed by atoms with Crippen molar-refractivity contribution in [2.45, 2.75) is 31.2 Å². The van der Waals surface area contributed by atoms with Crippen LogP contribution < -0.4 is 10.7 Å². The van der Waals surface area contributed by atoms with E-state index in [1.165, 1.54) is 38.8 Å². The van der Waals surface area contributed by atoms with Gasteiger partial charge in [0.25, 0.3) is 0 Å². The molecule has 2 fully saturated rings. The van der Waals surface area contributed by atoms with Crippen molar-refractivity contribution < 1.29 is 0 Å². The van der Waals surface area contributed by atoms with Crippen LogP contribution in [0.2, 0.25) is 0 Å². The molecule has 0 spiro atoms. The monoisotopic (exact) mass is 521 g/mol. The van der Waals surface area contributed by atoms with Gasteiger partial charge in [-0.25, -0.2) is 4.98 Å². The van der Waals surface area contributed by atoms with Crippen molar-refractivity contribution in [3.05, 3.63) is 102 Å². The number of para-hydroxylation sites is 4.